The zero-order valence-corrected chi connectivity index (χ0v) is 12.3. The standard InChI is InChI=1S/C16H24FNO2/c1-3-18-15(8-7-13-5-4-10-20-13)12-6-9-16(19-2)14(17)11-12/h6,9,11,13,15,18H,3-5,7-8,10H2,1-2H3. The molecular formula is C16H24FNO2. The number of nitrogens with one attached hydrogen (secondary N) is 1. The fourth-order valence-corrected chi connectivity index (χ4v) is 2.76. The van der Waals surface area contributed by atoms with Gasteiger partial charge in [-0.1, -0.05) is 13.0 Å². The van der Waals surface area contributed by atoms with E-state index in [1.54, 1.807) is 12.1 Å². The highest BCUT2D eigenvalue weighted by molar-refractivity contribution is 5.31. The van der Waals surface area contributed by atoms with E-state index < -0.39 is 0 Å². The number of benzene rings is 1. The molecule has 2 unspecified atom stereocenters. The molecule has 1 aromatic carbocycles. The number of hydrogen-bond donors (Lipinski definition) is 1. The summed E-state index contributed by atoms with van der Waals surface area (Å²) in [5, 5.41) is 3.42. The monoisotopic (exact) mass is 281 g/mol. The summed E-state index contributed by atoms with van der Waals surface area (Å²) in [6, 6.07) is 5.37. The van der Waals surface area contributed by atoms with Gasteiger partial charge in [-0.2, -0.15) is 0 Å². The Balaban J connectivity index is 2.00. The van der Waals surface area contributed by atoms with Gasteiger partial charge in [0.1, 0.15) is 0 Å². The van der Waals surface area contributed by atoms with Crippen molar-refractivity contribution in [1.29, 1.82) is 0 Å². The second kappa shape index (κ2) is 7.60. The highest BCUT2D eigenvalue weighted by atomic mass is 19.1. The van der Waals surface area contributed by atoms with Gasteiger partial charge in [0.25, 0.3) is 0 Å². The molecule has 1 N–H and O–H groups in total. The number of methoxy groups -OCH3 is 1. The first-order valence-electron chi connectivity index (χ1n) is 7.43. The van der Waals surface area contributed by atoms with E-state index in [9.17, 15) is 4.39 Å². The summed E-state index contributed by atoms with van der Waals surface area (Å²) in [4.78, 5) is 0. The summed E-state index contributed by atoms with van der Waals surface area (Å²) in [6.45, 7) is 3.82. The summed E-state index contributed by atoms with van der Waals surface area (Å²) in [5.74, 6) is -0.00635. The number of rotatable bonds is 7. The minimum atomic E-state index is -0.301. The zero-order chi connectivity index (χ0) is 14.4. The van der Waals surface area contributed by atoms with E-state index in [1.165, 1.54) is 7.11 Å². The van der Waals surface area contributed by atoms with E-state index in [0.717, 1.165) is 44.4 Å². The van der Waals surface area contributed by atoms with Gasteiger partial charge < -0.3 is 14.8 Å². The number of ether oxygens (including phenoxy) is 2. The average molecular weight is 281 g/mol. The molecule has 0 spiro atoms. The van der Waals surface area contributed by atoms with Gasteiger partial charge >= 0.3 is 0 Å². The molecule has 0 radical (unpaired) electrons. The van der Waals surface area contributed by atoms with Crippen LogP contribution in [0.3, 0.4) is 0 Å². The lowest BCUT2D eigenvalue weighted by Crippen LogP contribution is -2.22. The van der Waals surface area contributed by atoms with Crippen LogP contribution in [0.15, 0.2) is 18.2 Å². The highest BCUT2D eigenvalue weighted by Crippen LogP contribution is 2.27. The Bertz CT molecular complexity index is 419. The van der Waals surface area contributed by atoms with Crippen LogP contribution < -0.4 is 10.1 Å². The molecule has 1 aromatic rings. The Morgan fingerprint density at radius 1 is 1.50 bits per heavy atom. The van der Waals surface area contributed by atoms with Crippen molar-refractivity contribution in [3.8, 4) is 5.75 Å². The predicted molar refractivity (Wildman–Crippen MR) is 77.6 cm³/mol. The number of halogens is 1. The first-order valence-corrected chi connectivity index (χ1v) is 7.43. The summed E-state index contributed by atoms with van der Waals surface area (Å²) in [6.07, 6.45) is 4.67. The van der Waals surface area contributed by atoms with Crippen molar-refractivity contribution in [1.82, 2.24) is 5.32 Å². The smallest absolute Gasteiger partial charge is 0.165 e. The quantitative estimate of drug-likeness (QED) is 0.830. The van der Waals surface area contributed by atoms with Crippen LogP contribution in [0.1, 0.15) is 44.2 Å². The van der Waals surface area contributed by atoms with Crippen LogP contribution in [-0.2, 0) is 4.74 Å². The summed E-state index contributed by atoms with van der Waals surface area (Å²) < 4.78 is 24.4. The van der Waals surface area contributed by atoms with Crippen LogP contribution in [-0.4, -0.2) is 26.4 Å². The second-order valence-electron chi connectivity index (χ2n) is 5.22. The molecule has 0 saturated carbocycles. The van der Waals surface area contributed by atoms with Gasteiger partial charge in [-0.3, -0.25) is 0 Å². The largest absolute Gasteiger partial charge is 0.494 e. The maximum atomic E-state index is 13.8. The molecule has 1 aliphatic rings. The number of hydrogen-bond acceptors (Lipinski definition) is 3. The molecule has 20 heavy (non-hydrogen) atoms. The molecule has 1 saturated heterocycles. The molecule has 0 bridgehead atoms. The van der Waals surface area contributed by atoms with Gasteiger partial charge in [0.2, 0.25) is 0 Å². The van der Waals surface area contributed by atoms with Gasteiger partial charge in [0, 0.05) is 12.6 Å². The van der Waals surface area contributed by atoms with Gasteiger partial charge in [0.15, 0.2) is 11.6 Å². The van der Waals surface area contributed by atoms with Crippen molar-refractivity contribution in [2.75, 3.05) is 20.3 Å². The Morgan fingerprint density at radius 3 is 2.95 bits per heavy atom. The second-order valence-corrected chi connectivity index (χ2v) is 5.22. The van der Waals surface area contributed by atoms with Gasteiger partial charge in [-0.25, -0.2) is 4.39 Å². The lowest BCUT2D eigenvalue weighted by molar-refractivity contribution is 0.0996. The van der Waals surface area contributed by atoms with Crippen LogP contribution >= 0.6 is 0 Å². The van der Waals surface area contributed by atoms with E-state index in [-0.39, 0.29) is 11.9 Å². The fraction of sp³-hybridized carbons (Fsp3) is 0.625. The van der Waals surface area contributed by atoms with Crippen LogP contribution in [0.5, 0.6) is 5.75 Å². The molecule has 1 fully saturated rings. The predicted octanol–water partition coefficient (Wildman–Crippen LogP) is 3.44. The van der Waals surface area contributed by atoms with Crippen LogP contribution in [0, 0.1) is 5.82 Å². The van der Waals surface area contributed by atoms with Crippen LogP contribution in [0.4, 0.5) is 4.39 Å². The van der Waals surface area contributed by atoms with Gasteiger partial charge in [0.05, 0.1) is 13.2 Å². The Labute approximate surface area is 120 Å². The minimum absolute atomic E-state index is 0.171. The Hall–Kier alpha value is -1.13. The molecule has 2 rings (SSSR count). The topological polar surface area (TPSA) is 30.5 Å². The summed E-state index contributed by atoms with van der Waals surface area (Å²) >= 11 is 0. The minimum Gasteiger partial charge on any atom is -0.494 e. The summed E-state index contributed by atoms with van der Waals surface area (Å²) in [7, 11) is 1.48. The first-order chi connectivity index (χ1) is 9.74. The van der Waals surface area contributed by atoms with Crippen molar-refractivity contribution in [2.24, 2.45) is 0 Å². The van der Waals surface area contributed by atoms with Crippen molar-refractivity contribution in [2.45, 2.75) is 44.8 Å². The zero-order valence-electron chi connectivity index (χ0n) is 12.3. The third-order valence-electron chi connectivity index (χ3n) is 3.83. The van der Waals surface area contributed by atoms with E-state index in [1.807, 2.05) is 6.07 Å². The summed E-state index contributed by atoms with van der Waals surface area (Å²) in [5.41, 5.74) is 0.975. The third-order valence-corrected chi connectivity index (χ3v) is 3.83. The average Bonchev–Trinajstić information content (AvgIpc) is 2.96. The molecule has 1 aliphatic heterocycles. The lowest BCUT2D eigenvalue weighted by Gasteiger charge is -2.20. The Morgan fingerprint density at radius 2 is 2.35 bits per heavy atom. The molecule has 0 aliphatic carbocycles. The van der Waals surface area contributed by atoms with Gasteiger partial charge in [-0.05, 0) is 49.9 Å². The van der Waals surface area contributed by atoms with Crippen LogP contribution in [0.2, 0.25) is 0 Å². The molecule has 3 nitrogen and oxygen atoms in total. The normalized spacial score (nSPS) is 20.1. The van der Waals surface area contributed by atoms with E-state index >= 15 is 0 Å². The fourth-order valence-electron chi connectivity index (χ4n) is 2.76. The van der Waals surface area contributed by atoms with Crippen molar-refractivity contribution < 1.29 is 13.9 Å². The van der Waals surface area contributed by atoms with Crippen molar-refractivity contribution >= 4 is 0 Å². The molecular weight excluding hydrogens is 257 g/mol. The highest BCUT2D eigenvalue weighted by Gasteiger charge is 2.19. The molecule has 112 valence electrons. The molecule has 0 amide bonds. The maximum absolute atomic E-state index is 13.8. The third kappa shape index (κ3) is 3.93. The van der Waals surface area contributed by atoms with E-state index in [2.05, 4.69) is 12.2 Å². The Kier molecular flexibility index (Phi) is 5.80. The van der Waals surface area contributed by atoms with E-state index in [4.69, 9.17) is 9.47 Å². The molecule has 1 heterocycles. The SMILES string of the molecule is CCNC(CCC1CCCO1)c1ccc(OC)c(F)c1. The lowest BCUT2D eigenvalue weighted by atomic mass is 9.99. The molecule has 0 aromatic heterocycles. The van der Waals surface area contributed by atoms with Crippen LogP contribution in [0.25, 0.3) is 0 Å². The van der Waals surface area contributed by atoms with Crippen molar-refractivity contribution in [3.05, 3.63) is 29.6 Å². The van der Waals surface area contributed by atoms with Gasteiger partial charge in [-0.15, -0.1) is 0 Å². The molecule has 4 heteroatoms. The first kappa shape index (κ1) is 15.3. The van der Waals surface area contributed by atoms with Crippen molar-refractivity contribution in [3.63, 3.8) is 0 Å². The molecule has 2 atom stereocenters. The van der Waals surface area contributed by atoms with E-state index in [0.29, 0.717) is 11.9 Å². The maximum Gasteiger partial charge on any atom is 0.165 e.